The van der Waals surface area contributed by atoms with Crippen molar-refractivity contribution in [1.82, 2.24) is 9.97 Å². The van der Waals surface area contributed by atoms with Crippen molar-refractivity contribution in [1.29, 1.82) is 0 Å². The quantitative estimate of drug-likeness (QED) is 0.757. The summed E-state index contributed by atoms with van der Waals surface area (Å²) in [5.41, 5.74) is -0.589. The van der Waals surface area contributed by atoms with E-state index in [4.69, 9.17) is 0 Å². The van der Waals surface area contributed by atoms with Crippen molar-refractivity contribution in [2.24, 2.45) is 5.41 Å². The van der Waals surface area contributed by atoms with E-state index in [1.807, 2.05) is 16.3 Å². The van der Waals surface area contributed by atoms with E-state index in [9.17, 15) is 14.3 Å². The van der Waals surface area contributed by atoms with Crippen LogP contribution in [0.2, 0.25) is 0 Å². The number of nitrogens with zero attached hydrogens (tertiary/aromatic N) is 3. The Balaban J connectivity index is 1.69. The first kappa shape index (κ1) is 16.9. The lowest BCUT2D eigenvalue weighted by Crippen LogP contribution is -2.49. The average molecular weight is 371 g/mol. The molecule has 4 rings (SSSR count). The van der Waals surface area contributed by atoms with E-state index in [1.54, 1.807) is 18.2 Å². The largest absolute Gasteiger partial charge is 0.481 e. The first-order valence-electron chi connectivity index (χ1n) is 8.49. The molecule has 3 heterocycles. The monoisotopic (exact) mass is 371 g/mol. The molecule has 1 aliphatic rings. The predicted octanol–water partition coefficient (Wildman–Crippen LogP) is 3.74. The Labute approximate surface area is 154 Å². The fraction of sp³-hybridized carbons (Fsp3) is 0.316. The SMILES string of the molecule is O=C(O)[C@]1(Cc2ccccc2F)CCCN(c2ncnc3sccc23)C1. The van der Waals surface area contributed by atoms with Crippen LogP contribution in [0.5, 0.6) is 0 Å². The number of carboxylic acids is 1. The molecule has 0 unspecified atom stereocenters. The molecule has 0 bridgehead atoms. The summed E-state index contributed by atoms with van der Waals surface area (Å²) in [5.74, 6) is -0.483. The van der Waals surface area contributed by atoms with Crippen LogP contribution in [0, 0.1) is 11.2 Å². The summed E-state index contributed by atoms with van der Waals surface area (Å²) in [5, 5.41) is 12.9. The van der Waals surface area contributed by atoms with Crippen LogP contribution in [-0.2, 0) is 11.2 Å². The van der Waals surface area contributed by atoms with Crippen LogP contribution >= 0.6 is 11.3 Å². The maximum absolute atomic E-state index is 14.1. The summed E-state index contributed by atoms with van der Waals surface area (Å²) in [7, 11) is 0. The number of carbonyl (C=O) groups is 1. The third-order valence-corrected chi connectivity index (χ3v) is 5.88. The van der Waals surface area contributed by atoms with Gasteiger partial charge in [0.25, 0.3) is 0 Å². The van der Waals surface area contributed by atoms with Gasteiger partial charge in [-0.2, -0.15) is 0 Å². The smallest absolute Gasteiger partial charge is 0.311 e. The van der Waals surface area contributed by atoms with Gasteiger partial charge in [0.1, 0.15) is 22.8 Å². The number of anilines is 1. The molecule has 3 aromatic rings. The highest BCUT2D eigenvalue weighted by atomic mass is 32.1. The topological polar surface area (TPSA) is 66.3 Å². The molecule has 1 N–H and O–H groups in total. The number of piperidine rings is 1. The maximum Gasteiger partial charge on any atom is 0.311 e. The normalized spacial score (nSPS) is 20.4. The summed E-state index contributed by atoms with van der Waals surface area (Å²) in [6.07, 6.45) is 2.92. The second kappa shape index (κ2) is 6.64. The Kier molecular flexibility index (Phi) is 4.32. The molecule has 7 heteroatoms. The fourth-order valence-corrected chi connectivity index (χ4v) is 4.47. The molecule has 26 heavy (non-hydrogen) atoms. The van der Waals surface area contributed by atoms with Gasteiger partial charge in [0.05, 0.1) is 10.8 Å². The van der Waals surface area contributed by atoms with E-state index in [0.29, 0.717) is 18.5 Å². The van der Waals surface area contributed by atoms with E-state index in [2.05, 4.69) is 9.97 Å². The number of hydrogen-bond acceptors (Lipinski definition) is 5. The number of hydrogen-bond donors (Lipinski definition) is 1. The predicted molar refractivity (Wildman–Crippen MR) is 99.0 cm³/mol. The summed E-state index contributed by atoms with van der Waals surface area (Å²) in [4.78, 5) is 23.8. The van der Waals surface area contributed by atoms with E-state index in [-0.39, 0.29) is 12.2 Å². The highest BCUT2D eigenvalue weighted by Crippen LogP contribution is 2.38. The molecule has 0 saturated carbocycles. The van der Waals surface area contributed by atoms with Gasteiger partial charge < -0.3 is 10.0 Å². The van der Waals surface area contributed by atoms with E-state index < -0.39 is 11.4 Å². The van der Waals surface area contributed by atoms with Gasteiger partial charge in [0, 0.05) is 13.1 Å². The number of aliphatic carboxylic acids is 1. The zero-order valence-corrected chi connectivity index (χ0v) is 14.9. The molecule has 0 spiro atoms. The summed E-state index contributed by atoms with van der Waals surface area (Å²) >= 11 is 1.53. The van der Waals surface area contributed by atoms with E-state index in [1.165, 1.54) is 23.7 Å². The summed E-state index contributed by atoms with van der Waals surface area (Å²) in [6, 6.07) is 8.37. The molecular formula is C19H18FN3O2S. The van der Waals surface area contributed by atoms with Crippen LogP contribution in [0.1, 0.15) is 18.4 Å². The first-order valence-corrected chi connectivity index (χ1v) is 9.37. The van der Waals surface area contributed by atoms with Crippen LogP contribution in [0.3, 0.4) is 0 Å². The third kappa shape index (κ3) is 2.92. The van der Waals surface area contributed by atoms with Crippen molar-refractivity contribution in [2.75, 3.05) is 18.0 Å². The van der Waals surface area contributed by atoms with E-state index in [0.717, 1.165) is 29.0 Å². The zero-order valence-electron chi connectivity index (χ0n) is 14.1. The van der Waals surface area contributed by atoms with Gasteiger partial charge in [-0.1, -0.05) is 18.2 Å². The highest BCUT2D eigenvalue weighted by molar-refractivity contribution is 7.16. The number of carboxylic acid groups (broad SMARTS) is 1. The minimum absolute atomic E-state index is 0.170. The maximum atomic E-state index is 14.1. The van der Waals surface area contributed by atoms with Gasteiger partial charge in [-0.15, -0.1) is 11.3 Å². The Morgan fingerprint density at radius 3 is 2.96 bits per heavy atom. The van der Waals surface area contributed by atoms with Gasteiger partial charge in [-0.05, 0) is 42.3 Å². The van der Waals surface area contributed by atoms with Crippen molar-refractivity contribution in [3.63, 3.8) is 0 Å². The fourth-order valence-electron chi connectivity index (χ4n) is 3.74. The van der Waals surface area contributed by atoms with Crippen molar-refractivity contribution in [3.8, 4) is 0 Å². The first-order chi connectivity index (χ1) is 12.6. The minimum atomic E-state index is -1.03. The molecule has 1 saturated heterocycles. The number of fused-ring (bicyclic) bond motifs is 1. The van der Waals surface area contributed by atoms with Crippen molar-refractivity contribution in [3.05, 3.63) is 53.4 Å². The molecule has 134 valence electrons. The molecule has 0 amide bonds. The molecule has 1 aromatic carbocycles. The van der Waals surface area contributed by atoms with Crippen LogP contribution in [0.4, 0.5) is 10.2 Å². The van der Waals surface area contributed by atoms with Crippen molar-refractivity contribution in [2.45, 2.75) is 19.3 Å². The molecule has 2 aromatic heterocycles. The van der Waals surface area contributed by atoms with Crippen LogP contribution in [0.25, 0.3) is 10.2 Å². The third-order valence-electron chi connectivity index (χ3n) is 5.06. The van der Waals surface area contributed by atoms with Gasteiger partial charge in [-0.25, -0.2) is 14.4 Å². The highest BCUT2D eigenvalue weighted by Gasteiger charge is 2.43. The number of benzene rings is 1. The van der Waals surface area contributed by atoms with Crippen LogP contribution < -0.4 is 4.90 Å². The number of aromatic nitrogens is 2. The van der Waals surface area contributed by atoms with Crippen molar-refractivity contribution >= 4 is 33.3 Å². The standard InChI is InChI=1S/C19H18FN3O2S/c20-15-5-2-1-4-13(15)10-19(18(24)25)7-3-8-23(11-19)16-14-6-9-26-17(14)22-12-21-16/h1-2,4-6,9,12H,3,7-8,10-11H2,(H,24,25)/t19-/m0/s1. The number of rotatable bonds is 4. The summed E-state index contributed by atoms with van der Waals surface area (Å²) < 4.78 is 14.1. The van der Waals surface area contributed by atoms with Crippen LogP contribution in [-0.4, -0.2) is 34.1 Å². The van der Waals surface area contributed by atoms with Gasteiger partial charge >= 0.3 is 5.97 Å². The van der Waals surface area contributed by atoms with E-state index >= 15 is 0 Å². The Morgan fingerprint density at radius 2 is 2.15 bits per heavy atom. The molecule has 1 atom stereocenters. The second-order valence-electron chi connectivity index (χ2n) is 6.72. The van der Waals surface area contributed by atoms with Gasteiger partial charge in [0.2, 0.25) is 0 Å². The number of halogens is 1. The Morgan fingerprint density at radius 1 is 1.31 bits per heavy atom. The average Bonchev–Trinajstić information content (AvgIpc) is 3.12. The molecule has 1 fully saturated rings. The zero-order chi connectivity index (χ0) is 18.1. The molecule has 1 aliphatic heterocycles. The number of thiophene rings is 1. The van der Waals surface area contributed by atoms with Gasteiger partial charge in [0.15, 0.2) is 0 Å². The second-order valence-corrected chi connectivity index (χ2v) is 7.61. The lowest BCUT2D eigenvalue weighted by Gasteiger charge is -2.40. The van der Waals surface area contributed by atoms with Gasteiger partial charge in [-0.3, -0.25) is 4.79 Å². The minimum Gasteiger partial charge on any atom is -0.481 e. The molecule has 0 radical (unpaired) electrons. The molecule has 0 aliphatic carbocycles. The van der Waals surface area contributed by atoms with Crippen LogP contribution in [0.15, 0.2) is 42.0 Å². The Bertz CT molecular complexity index is 961. The lowest BCUT2D eigenvalue weighted by molar-refractivity contribution is -0.149. The molecular weight excluding hydrogens is 353 g/mol. The summed E-state index contributed by atoms with van der Waals surface area (Å²) in [6.45, 7) is 1.03. The van der Waals surface area contributed by atoms with Crippen molar-refractivity contribution < 1.29 is 14.3 Å². The lowest BCUT2D eigenvalue weighted by atomic mass is 9.75. The Hall–Kier alpha value is -2.54. The molecule has 5 nitrogen and oxygen atoms in total.